The van der Waals surface area contributed by atoms with E-state index in [1.54, 1.807) is 12.3 Å². The Morgan fingerprint density at radius 3 is 2.38 bits per heavy atom. The number of hydrogen-bond donors (Lipinski definition) is 1. The second kappa shape index (κ2) is 7.51. The van der Waals surface area contributed by atoms with Crippen molar-refractivity contribution in [3.63, 3.8) is 0 Å². The maximum atomic E-state index is 13.0. The Bertz CT molecular complexity index is 875. The van der Waals surface area contributed by atoms with Crippen molar-refractivity contribution < 1.29 is 17.6 Å². The van der Waals surface area contributed by atoms with Crippen LogP contribution in [0.2, 0.25) is 0 Å². The number of carbonyl (C=O) groups is 1. The first kappa shape index (κ1) is 18.5. The maximum absolute atomic E-state index is 13.0. The minimum atomic E-state index is -3.67. The lowest BCUT2D eigenvalue weighted by molar-refractivity contribution is -0.120. The van der Waals surface area contributed by atoms with Crippen LogP contribution in [-0.2, 0) is 14.8 Å². The van der Waals surface area contributed by atoms with E-state index in [-0.39, 0.29) is 29.8 Å². The third-order valence-corrected chi connectivity index (χ3v) is 6.35. The van der Waals surface area contributed by atoms with Gasteiger partial charge in [0.1, 0.15) is 11.6 Å². The van der Waals surface area contributed by atoms with Gasteiger partial charge >= 0.3 is 0 Å². The van der Waals surface area contributed by atoms with Crippen LogP contribution in [0.15, 0.2) is 47.5 Å². The number of piperidine rings is 1. The maximum Gasteiger partial charge on any atom is 0.243 e. The van der Waals surface area contributed by atoms with E-state index in [4.69, 9.17) is 0 Å². The second-order valence-corrected chi connectivity index (χ2v) is 8.28. The Hall–Kier alpha value is -2.32. The van der Waals surface area contributed by atoms with Crippen LogP contribution >= 0.6 is 0 Å². The average molecular weight is 377 g/mol. The molecular weight excluding hydrogens is 357 g/mol. The molecule has 1 aliphatic rings. The number of nitrogens with zero attached hydrogens (tertiary/aromatic N) is 2. The van der Waals surface area contributed by atoms with Crippen LogP contribution in [0.4, 0.5) is 10.2 Å². The van der Waals surface area contributed by atoms with Crippen LogP contribution < -0.4 is 5.32 Å². The van der Waals surface area contributed by atoms with E-state index in [9.17, 15) is 17.6 Å². The van der Waals surface area contributed by atoms with Crippen LogP contribution in [0.1, 0.15) is 18.4 Å². The summed E-state index contributed by atoms with van der Waals surface area (Å²) < 4.78 is 39.5. The Labute approximate surface area is 152 Å². The quantitative estimate of drug-likeness (QED) is 0.888. The number of aromatic nitrogens is 1. The van der Waals surface area contributed by atoms with E-state index < -0.39 is 15.8 Å². The van der Waals surface area contributed by atoms with Gasteiger partial charge in [0.25, 0.3) is 0 Å². The second-order valence-electron chi connectivity index (χ2n) is 6.34. The van der Waals surface area contributed by atoms with E-state index in [0.717, 1.165) is 17.7 Å². The number of carbonyl (C=O) groups excluding carboxylic acids is 1. The molecule has 0 atom stereocenters. The first-order chi connectivity index (χ1) is 12.4. The molecule has 2 heterocycles. The van der Waals surface area contributed by atoms with Crippen molar-refractivity contribution >= 4 is 21.7 Å². The number of rotatable bonds is 4. The van der Waals surface area contributed by atoms with Crippen molar-refractivity contribution in [3.8, 4) is 0 Å². The number of aryl methyl sites for hydroxylation is 1. The average Bonchev–Trinajstić information content (AvgIpc) is 2.64. The minimum absolute atomic E-state index is 0.0608. The first-order valence-corrected chi connectivity index (χ1v) is 9.79. The van der Waals surface area contributed by atoms with Crippen molar-refractivity contribution in [1.82, 2.24) is 9.29 Å². The predicted molar refractivity (Wildman–Crippen MR) is 95.5 cm³/mol. The molecule has 0 aliphatic carbocycles. The number of anilines is 1. The van der Waals surface area contributed by atoms with E-state index in [2.05, 4.69) is 10.3 Å². The molecule has 0 bridgehead atoms. The van der Waals surface area contributed by atoms with Gasteiger partial charge in [0, 0.05) is 25.2 Å². The Morgan fingerprint density at radius 1 is 1.15 bits per heavy atom. The highest BCUT2D eigenvalue weighted by molar-refractivity contribution is 7.89. The minimum Gasteiger partial charge on any atom is -0.310 e. The fourth-order valence-corrected chi connectivity index (χ4v) is 4.35. The fraction of sp³-hybridized carbons (Fsp3) is 0.333. The lowest BCUT2D eigenvalue weighted by atomic mass is 9.97. The molecule has 3 rings (SSSR count). The number of hydrogen-bond acceptors (Lipinski definition) is 4. The lowest BCUT2D eigenvalue weighted by Crippen LogP contribution is -2.41. The Balaban J connectivity index is 1.60. The lowest BCUT2D eigenvalue weighted by Gasteiger charge is -2.30. The SMILES string of the molecule is Cc1ccc(NC(=O)C2CCN(S(=O)(=O)c3ccc(F)cc3)CC2)nc1. The van der Waals surface area contributed by atoms with Crippen molar-refractivity contribution in [2.75, 3.05) is 18.4 Å². The highest BCUT2D eigenvalue weighted by atomic mass is 32.2. The fourth-order valence-electron chi connectivity index (χ4n) is 2.88. The summed E-state index contributed by atoms with van der Waals surface area (Å²) in [5.41, 5.74) is 1.00. The van der Waals surface area contributed by atoms with Gasteiger partial charge < -0.3 is 5.32 Å². The van der Waals surface area contributed by atoms with Gasteiger partial charge in [0.05, 0.1) is 4.90 Å². The van der Waals surface area contributed by atoms with Gasteiger partial charge in [0.15, 0.2) is 0 Å². The third-order valence-electron chi connectivity index (χ3n) is 4.44. The third kappa shape index (κ3) is 4.08. The van der Waals surface area contributed by atoms with E-state index in [0.29, 0.717) is 18.7 Å². The zero-order chi connectivity index (χ0) is 18.7. The molecule has 2 aromatic rings. The summed E-state index contributed by atoms with van der Waals surface area (Å²) >= 11 is 0. The number of amides is 1. The molecule has 0 unspecified atom stereocenters. The van der Waals surface area contributed by atoms with E-state index in [1.807, 2.05) is 13.0 Å². The highest BCUT2D eigenvalue weighted by Gasteiger charge is 2.32. The molecule has 138 valence electrons. The molecule has 6 nitrogen and oxygen atoms in total. The van der Waals surface area contributed by atoms with Crippen LogP contribution in [-0.4, -0.2) is 36.7 Å². The summed E-state index contributed by atoms with van der Waals surface area (Å²) in [6.45, 7) is 2.41. The number of nitrogens with one attached hydrogen (secondary N) is 1. The molecule has 1 aromatic heterocycles. The van der Waals surface area contributed by atoms with Crippen LogP contribution in [0.5, 0.6) is 0 Å². The summed E-state index contributed by atoms with van der Waals surface area (Å²) in [7, 11) is -3.67. The molecule has 1 N–H and O–H groups in total. The summed E-state index contributed by atoms with van der Waals surface area (Å²) in [5, 5.41) is 2.77. The molecule has 26 heavy (non-hydrogen) atoms. The monoisotopic (exact) mass is 377 g/mol. The van der Waals surface area contributed by atoms with Crippen LogP contribution in [0, 0.1) is 18.7 Å². The first-order valence-electron chi connectivity index (χ1n) is 8.35. The van der Waals surface area contributed by atoms with Gasteiger partial charge in [-0.05, 0) is 55.7 Å². The number of benzene rings is 1. The number of pyridine rings is 1. The summed E-state index contributed by atoms with van der Waals surface area (Å²) in [5.74, 6) is -0.413. The molecule has 0 spiro atoms. The van der Waals surface area contributed by atoms with Gasteiger partial charge in [-0.15, -0.1) is 0 Å². The predicted octanol–water partition coefficient (Wildman–Crippen LogP) is 2.57. The smallest absolute Gasteiger partial charge is 0.243 e. The summed E-state index contributed by atoms with van der Waals surface area (Å²) in [6, 6.07) is 8.37. The van der Waals surface area contributed by atoms with Crippen LogP contribution in [0.25, 0.3) is 0 Å². The molecule has 1 aliphatic heterocycles. The standard InChI is InChI=1S/C18H20FN3O3S/c1-13-2-7-17(20-12-13)21-18(23)14-8-10-22(11-9-14)26(24,25)16-5-3-15(19)4-6-16/h2-7,12,14H,8-11H2,1H3,(H,20,21,23). The van der Waals surface area contributed by atoms with Gasteiger partial charge in [-0.2, -0.15) is 4.31 Å². The molecule has 1 saturated heterocycles. The molecule has 0 saturated carbocycles. The van der Waals surface area contributed by atoms with Gasteiger partial charge in [0.2, 0.25) is 15.9 Å². The van der Waals surface area contributed by atoms with Gasteiger partial charge in [-0.25, -0.2) is 17.8 Å². The Morgan fingerprint density at radius 2 is 1.81 bits per heavy atom. The topological polar surface area (TPSA) is 79.4 Å². The largest absolute Gasteiger partial charge is 0.310 e. The molecule has 0 radical (unpaired) electrons. The van der Waals surface area contributed by atoms with Crippen molar-refractivity contribution in [2.45, 2.75) is 24.7 Å². The zero-order valence-corrected chi connectivity index (χ0v) is 15.2. The zero-order valence-electron chi connectivity index (χ0n) is 14.4. The summed E-state index contributed by atoms with van der Waals surface area (Å²) in [6.07, 6.45) is 2.53. The molecule has 1 amide bonds. The molecule has 8 heteroatoms. The highest BCUT2D eigenvalue weighted by Crippen LogP contribution is 2.24. The van der Waals surface area contributed by atoms with E-state index in [1.165, 1.54) is 16.4 Å². The van der Waals surface area contributed by atoms with Crippen molar-refractivity contribution in [1.29, 1.82) is 0 Å². The molecule has 1 fully saturated rings. The molecule has 1 aromatic carbocycles. The van der Waals surface area contributed by atoms with Crippen LogP contribution in [0.3, 0.4) is 0 Å². The summed E-state index contributed by atoms with van der Waals surface area (Å²) in [4.78, 5) is 16.6. The van der Waals surface area contributed by atoms with Gasteiger partial charge in [-0.3, -0.25) is 4.79 Å². The van der Waals surface area contributed by atoms with Gasteiger partial charge in [-0.1, -0.05) is 6.07 Å². The number of halogens is 1. The van der Waals surface area contributed by atoms with E-state index >= 15 is 0 Å². The molecular formula is C18H20FN3O3S. The number of sulfonamides is 1. The van der Waals surface area contributed by atoms with Crippen molar-refractivity contribution in [3.05, 3.63) is 54.0 Å². The Kier molecular flexibility index (Phi) is 5.33. The normalized spacial score (nSPS) is 16.4. The van der Waals surface area contributed by atoms with Crippen molar-refractivity contribution in [2.24, 2.45) is 5.92 Å².